The second-order valence-corrected chi connectivity index (χ2v) is 6.46. The van der Waals surface area contributed by atoms with Gasteiger partial charge in [0.15, 0.2) is 0 Å². The van der Waals surface area contributed by atoms with E-state index in [1.54, 1.807) is 0 Å². The summed E-state index contributed by atoms with van der Waals surface area (Å²) in [7, 11) is 0. The van der Waals surface area contributed by atoms with E-state index in [0.717, 1.165) is 5.92 Å². The molecule has 2 aromatic rings. The molecule has 1 saturated heterocycles. The van der Waals surface area contributed by atoms with E-state index in [2.05, 4.69) is 54.3 Å². The first kappa shape index (κ1) is 15.1. The monoisotopic (exact) mass is 292 g/mol. The molecule has 0 amide bonds. The smallest absolute Gasteiger partial charge is 0.0366 e. The number of piperidine rings is 1. The summed E-state index contributed by atoms with van der Waals surface area (Å²) in [5.74, 6) is 0.831. The second-order valence-electron chi connectivity index (χ2n) is 6.46. The Morgan fingerprint density at radius 2 is 1.64 bits per heavy atom. The van der Waals surface area contributed by atoms with E-state index in [-0.39, 0.29) is 0 Å². The first-order valence-electron chi connectivity index (χ1n) is 8.64. The molecule has 1 aliphatic rings. The van der Waals surface area contributed by atoms with Crippen molar-refractivity contribution < 1.29 is 0 Å². The molecule has 0 aliphatic carbocycles. The summed E-state index contributed by atoms with van der Waals surface area (Å²) in [6, 6.07) is 20.8. The van der Waals surface area contributed by atoms with Gasteiger partial charge in [-0.2, -0.15) is 0 Å². The lowest BCUT2D eigenvalue weighted by Gasteiger charge is -2.33. The van der Waals surface area contributed by atoms with Crippen LogP contribution in [0.3, 0.4) is 0 Å². The van der Waals surface area contributed by atoms with Crippen LogP contribution < -0.4 is 4.90 Å². The normalized spacial score (nSPS) is 16.0. The van der Waals surface area contributed by atoms with Crippen LogP contribution in [0.1, 0.15) is 37.3 Å². The van der Waals surface area contributed by atoms with Crippen LogP contribution in [-0.4, -0.2) is 13.1 Å². The molecule has 0 spiro atoms. The van der Waals surface area contributed by atoms with Crippen LogP contribution in [0.25, 0.3) is 0 Å². The molecule has 1 nitrogen and oxygen atoms in total. The predicted octanol–water partition coefficient (Wildman–Crippen LogP) is 4.90. The van der Waals surface area contributed by atoms with Gasteiger partial charge in [0, 0.05) is 18.8 Å². The van der Waals surface area contributed by atoms with Crippen molar-refractivity contribution in [1.29, 1.82) is 0 Å². The maximum Gasteiger partial charge on any atom is 0.0366 e. The zero-order valence-corrected chi connectivity index (χ0v) is 13.6. The molecule has 1 radical (unpaired) electrons. The SMILES string of the molecule is CCCc1ccc(N2CCC(Cc3cc[c]cc3)CC2)cc1. The molecule has 0 saturated carbocycles. The van der Waals surface area contributed by atoms with Gasteiger partial charge in [0.25, 0.3) is 0 Å². The summed E-state index contributed by atoms with van der Waals surface area (Å²) in [6.45, 7) is 4.62. The third-order valence-electron chi connectivity index (χ3n) is 4.77. The van der Waals surface area contributed by atoms with Crippen LogP contribution >= 0.6 is 0 Å². The van der Waals surface area contributed by atoms with Gasteiger partial charge < -0.3 is 4.90 Å². The molecule has 1 aliphatic heterocycles. The Morgan fingerprint density at radius 1 is 0.955 bits per heavy atom. The van der Waals surface area contributed by atoms with Crippen LogP contribution in [0.5, 0.6) is 0 Å². The van der Waals surface area contributed by atoms with Crippen LogP contribution in [0.15, 0.2) is 48.5 Å². The molecule has 0 atom stereocenters. The van der Waals surface area contributed by atoms with Gasteiger partial charge in [-0.3, -0.25) is 0 Å². The molecular weight excluding hydrogens is 266 g/mol. The van der Waals surface area contributed by atoms with E-state index in [0.29, 0.717) is 0 Å². The summed E-state index contributed by atoms with van der Waals surface area (Å²) in [5, 5.41) is 0. The van der Waals surface area contributed by atoms with Gasteiger partial charge >= 0.3 is 0 Å². The van der Waals surface area contributed by atoms with Crippen molar-refractivity contribution >= 4 is 5.69 Å². The molecule has 22 heavy (non-hydrogen) atoms. The molecule has 0 aromatic heterocycles. The van der Waals surface area contributed by atoms with Crippen molar-refractivity contribution in [2.24, 2.45) is 5.92 Å². The number of anilines is 1. The molecule has 0 unspecified atom stereocenters. The lowest BCUT2D eigenvalue weighted by atomic mass is 9.90. The summed E-state index contributed by atoms with van der Waals surface area (Å²) >= 11 is 0. The molecular formula is C21H26N. The van der Waals surface area contributed by atoms with E-state index in [4.69, 9.17) is 0 Å². The minimum Gasteiger partial charge on any atom is -0.372 e. The third kappa shape index (κ3) is 3.91. The lowest BCUT2D eigenvalue weighted by Crippen LogP contribution is -2.34. The highest BCUT2D eigenvalue weighted by Gasteiger charge is 2.19. The van der Waals surface area contributed by atoms with Gasteiger partial charge in [-0.15, -0.1) is 0 Å². The van der Waals surface area contributed by atoms with Crippen molar-refractivity contribution in [2.45, 2.75) is 39.0 Å². The quantitative estimate of drug-likeness (QED) is 0.757. The van der Waals surface area contributed by atoms with Crippen molar-refractivity contribution in [3.05, 3.63) is 65.7 Å². The highest BCUT2D eigenvalue weighted by Crippen LogP contribution is 2.26. The molecule has 2 aromatic carbocycles. The summed E-state index contributed by atoms with van der Waals surface area (Å²) in [6.07, 6.45) is 6.24. The molecule has 3 rings (SSSR count). The van der Waals surface area contributed by atoms with Crippen molar-refractivity contribution in [3.63, 3.8) is 0 Å². The fourth-order valence-electron chi connectivity index (χ4n) is 3.45. The maximum atomic E-state index is 3.10. The van der Waals surface area contributed by atoms with Gasteiger partial charge in [-0.1, -0.05) is 49.7 Å². The Balaban J connectivity index is 1.53. The fraction of sp³-hybridized carbons (Fsp3) is 0.429. The Morgan fingerprint density at radius 3 is 2.27 bits per heavy atom. The average Bonchev–Trinajstić information content (AvgIpc) is 2.58. The molecule has 115 valence electrons. The third-order valence-corrected chi connectivity index (χ3v) is 4.77. The van der Waals surface area contributed by atoms with E-state index in [1.807, 2.05) is 12.1 Å². The average molecular weight is 292 g/mol. The van der Waals surface area contributed by atoms with Crippen LogP contribution in [-0.2, 0) is 12.8 Å². The van der Waals surface area contributed by atoms with E-state index in [9.17, 15) is 0 Å². The van der Waals surface area contributed by atoms with Crippen LogP contribution in [0, 0.1) is 12.0 Å². The number of nitrogens with zero attached hydrogens (tertiary/aromatic N) is 1. The Bertz CT molecular complexity index is 550. The van der Waals surface area contributed by atoms with Crippen molar-refractivity contribution in [3.8, 4) is 0 Å². The first-order chi connectivity index (χ1) is 10.8. The fourth-order valence-corrected chi connectivity index (χ4v) is 3.45. The lowest BCUT2D eigenvalue weighted by molar-refractivity contribution is 0.404. The molecule has 1 fully saturated rings. The minimum atomic E-state index is 0.831. The standard InChI is InChI=1S/C21H26N/c1-2-6-18-9-11-21(12-10-18)22-15-13-20(14-16-22)17-19-7-4-3-5-8-19/h4-5,7-12,20H,2,6,13-17H2,1H3. The highest BCUT2D eigenvalue weighted by atomic mass is 15.1. The van der Waals surface area contributed by atoms with Crippen molar-refractivity contribution in [2.75, 3.05) is 18.0 Å². The van der Waals surface area contributed by atoms with Gasteiger partial charge in [-0.25, -0.2) is 0 Å². The number of rotatable bonds is 5. The predicted molar refractivity (Wildman–Crippen MR) is 94.4 cm³/mol. The van der Waals surface area contributed by atoms with Crippen LogP contribution in [0.2, 0.25) is 0 Å². The largest absolute Gasteiger partial charge is 0.372 e. The zero-order chi connectivity index (χ0) is 15.2. The van der Waals surface area contributed by atoms with Crippen molar-refractivity contribution in [1.82, 2.24) is 0 Å². The van der Waals surface area contributed by atoms with Gasteiger partial charge in [0.1, 0.15) is 0 Å². The Labute approximate surface area is 135 Å². The van der Waals surface area contributed by atoms with E-state index in [1.165, 1.54) is 62.0 Å². The molecule has 1 heterocycles. The number of benzene rings is 2. The number of hydrogen-bond acceptors (Lipinski definition) is 1. The van der Waals surface area contributed by atoms with Gasteiger partial charge in [-0.05, 0) is 60.9 Å². The molecule has 1 heteroatoms. The van der Waals surface area contributed by atoms with Gasteiger partial charge in [0.05, 0.1) is 0 Å². The zero-order valence-electron chi connectivity index (χ0n) is 13.6. The summed E-state index contributed by atoms with van der Waals surface area (Å²) in [5.41, 5.74) is 4.32. The maximum absolute atomic E-state index is 3.10. The summed E-state index contributed by atoms with van der Waals surface area (Å²) in [4.78, 5) is 2.55. The van der Waals surface area contributed by atoms with Crippen LogP contribution in [0.4, 0.5) is 5.69 Å². The number of aryl methyl sites for hydroxylation is 1. The second kappa shape index (κ2) is 7.49. The topological polar surface area (TPSA) is 3.24 Å². The summed E-state index contributed by atoms with van der Waals surface area (Å²) < 4.78 is 0. The Hall–Kier alpha value is -1.76. The Kier molecular flexibility index (Phi) is 5.15. The van der Waals surface area contributed by atoms with E-state index < -0.39 is 0 Å². The minimum absolute atomic E-state index is 0.831. The highest BCUT2D eigenvalue weighted by molar-refractivity contribution is 5.48. The van der Waals surface area contributed by atoms with E-state index >= 15 is 0 Å². The van der Waals surface area contributed by atoms with Gasteiger partial charge in [0.2, 0.25) is 0 Å². The molecule has 0 bridgehead atoms. The first-order valence-corrected chi connectivity index (χ1v) is 8.64. The number of hydrogen-bond donors (Lipinski definition) is 0. The molecule has 0 N–H and O–H groups in total.